The first kappa shape index (κ1) is 16.1. The quantitative estimate of drug-likeness (QED) is 0.844. The Morgan fingerprint density at radius 1 is 1.35 bits per heavy atom. The first-order valence-corrected chi connectivity index (χ1v) is 8.22. The highest BCUT2D eigenvalue weighted by molar-refractivity contribution is 5.17. The van der Waals surface area contributed by atoms with E-state index in [1.807, 2.05) is 30.2 Å². The SMILES string of the molecule is Cc1c(CN2CCC[C@@H]2c2nccc(CN(C)C)n2)cnn1C. The number of hydrogen-bond acceptors (Lipinski definition) is 5. The van der Waals surface area contributed by atoms with E-state index < -0.39 is 0 Å². The summed E-state index contributed by atoms with van der Waals surface area (Å²) in [5, 5.41) is 4.36. The maximum Gasteiger partial charge on any atom is 0.145 e. The molecule has 1 fully saturated rings. The molecule has 0 saturated carbocycles. The van der Waals surface area contributed by atoms with Gasteiger partial charge in [0.15, 0.2) is 0 Å². The first-order chi connectivity index (χ1) is 11.0. The number of aryl methyl sites for hydroxylation is 1. The van der Waals surface area contributed by atoms with Crippen LogP contribution in [0.1, 0.15) is 41.7 Å². The monoisotopic (exact) mass is 314 g/mol. The molecule has 2 aromatic heterocycles. The zero-order valence-electron chi connectivity index (χ0n) is 14.5. The largest absolute Gasteiger partial charge is 0.304 e. The van der Waals surface area contributed by atoms with Crippen LogP contribution in [0, 0.1) is 6.92 Å². The van der Waals surface area contributed by atoms with Crippen LogP contribution in [0.2, 0.25) is 0 Å². The molecule has 23 heavy (non-hydrogen) atoms. The van der Waals surface area contributed by atoms with E-state index in [1.54, 1.807) is 0 Å². The molecule has 1 atom stereocenters. The topological polar surface area (TPSA) is 50.1 Å². The molecular formula is C17H26N6. The number of nitrogens with zero attached hydrogens (tertiary/aromatic N) is 6. The zero-order valence-corrected chi connectivity index (χ0v) is 14.5. The summed E-state index contributed by atoms with van der Waals surface area (Å²) in [7, 11) is 6.12. The van der Waals surface area contributed by atoms with Crippen molar-refractivity contribution in [3.63, 3.8) is 0 Å². The Morgan fingerprint density at radius 3 is 2.87 bits per heavy atom. The molecule has 2 aromatic rings. The van der Waals surface area contributed by atoms with Crippen LogP contribution in [0.3, 0.4) is 0 Å². The van der Waals surface area contributed by atoms with Crippen molar-refractivity contribution < 1.29 is 0 Å². The molecule has 0 radical (unpaired) electrons. The van der Waals surface area contributed by atoms with Gasteiger partial charge in [-0.25, -0.2) is 9.97 Å². The third-order valence-electron chi connectivity index (χ3n) is 4.58. The molecule has 1 aliphatic rings. The lowest BCUT2D eigenvalue weighted by molar-refractivity contribution is 0.238. The standard InChI is InChI=1S/C17H26N6/c1-13-14(10-19-22(13)4)11-23-9-5-6-16(23)17-18-8-7-15(20-17)12-21(2)3/h7-8,10,16H,5-6,9,11-12H2,1-4H3/t16-/m1/s1. The number of likely N-dealkylation sites (tertiary alicyclic amines) is 1. The third-order valence-corrected chi connectivity index (χ3v) is 4.58. The predicted molar refractivity (Wildman–Crippen MR) is 89.8 cm³/mol. The van der Waals surface area contributed by atoms with Crippen LogP contribution < -0.4 is 0 Å². The van der Waals surface area contributed by atoms with Crippen LogP contribution in [-0.4, -0.2) is 50.2 Å². The highest BCUT2D eigenvalue weighted by atomic mass is 15.3. The van der Waals surface area contributed by atoms with E-state index in [0.717, 1.165) is 37.6 Å². The van der Waals surface area contributed by atoms with Crippen molar-refractivity contribution in [1.82, 2.24) is 29.5 Å². The highest BCUT2D eigenvalue weighted by Crippen LogP contribution is 2.31. The lowest BCUT2D eigenvalue weighted by Crippen LogP contribution is -2.25. The molecule has 1 aliphatic heterocycles. The van der Waals surface area contributed by atoms with Crippen molar-refractivity contribution >= 4 is 0 Å². The average molecular weight is 314 g/mol. The smallest absolute Gasteiger partial charge is 0.145 e. The van der Waals surface area contributed by atoms with E-state index >= 15 is 0 Å². The van der Waals surface area contributed by atoms with Crippen molar-refractivity contribution in [2.75, 3.05) is 20.6 Å². The molecule has 0 bridgehead atoms. The Hall–Kier alpha value is -1.79. The van der Waals surface area contributed by atoms with Gasteiger partial charge in [0, 0.05) is 37.6 Å². The van der Waals surface area contributed by atoms with E-state index in [2.05, 4.69) is 40.9 Å². The summed E-state index contributed by atoms with van der Waals surface area (Å²) in [6.45, 7) is 5.00. The molecule has 6 nitrogen and oxygen atoms in total. The molecule has 1 saturated heterocycles. The van der Waals surface area contributed by atoms with Crippen LogP contribution in [-0.2, 0) is 20.1 Å². The zero-order chi connectivity index (χ0) is 16.4. The Morgan fingerprint density at radius 2 is 2.17 bits per heavy atom. The summed E-state index contributed by atoms with van der Waals surface area (Å²) in [4.78, 5) is 14.0. The van der Waals surface area contributed by atoms with Gasteiger partial charge in [0.2, 0.25) is 0 Å². The molecule has 0 spiro atoms. The van der Waals surface area contributed by atoms with Gasteiger partial charge in [0.05, 0.1) is 17.9 Å². The molecule has 3 heterocycles. The van der Waals surface area contributed by atoms with Gasteiger partial charge in [-0.3, -0.25) is 9.58 Å². The molecule has 124 valence electrons. The Kier molecular flexibility index (Phi) is 4.73. The van der Waals surface area contributed by atoms with Crippen molar-refractivity contribution in [3.05, 3.63) is 41.2 Å². The minimum Gasteiger partial charge on any atom is -0.304 e. The normalized spacial score (nSPS) is 18.9. The Labute approximate surface area is 138 Å². The maximum absolute atomic E-state index is 4.80. The van der Waals surface area contributed by atoms with E-state index in [4.69, 9.17) is 4.98 Å². The Bertz CT molecular complexity index is 663. The van der Waals surface area contributed by atoms with Crippen LogP contribution in [0.15, 0.2) is 18.5 Å². The fourth-order valence-electron chi connectivity index (χ4n) is 3.21. The van der Waals surface area contributed by atoms with Gasteiger partial charge in [-0.2, -0.15) is 5.10 Å². The molecule has 0 N–H and O–H groups in total. The average Bonchev–Trinajstić information content (AvgIpc) is 3.09. The van der Waals surface area contributed by atoms with Gasteiger partial charge in [0.1, 0.15) is 5.82 Å². The Balaban J connectivity index is 1.77. The predicted octanol–water partition coefficient (Wildman–Crippen LogP) is 1.92. The molecule has 0 aromatic carbocycles. The minimum atomic E-state index is 0.316. The second-order valence-corrected chi connectivity index (χ2v) is 6.65. The number of hydrogen-bond donors (Lipinski definition) is 0. The number of aromatic nitrogens is 4. The molecule has 6 heteroatoms. The number of rotatable bonds is 5. The van der Waals surface area contributed by atoms with Crippen LogP contribution in [0.4, 0.5) is 0 Å². The fraction of sp³-hybridized carbons (Fsp3) is 0.588. The minimum absolute atomic E-state index is 0.316. The molecule has 0 aliphatic carbocycles. The van der Waals surface area contributed by atoms with E-state index in [0.29, 0.717) is 6.04 Å². The van der Waals surface area contributed by atoms with Gasteiger partial charge in [-0.05, 0) is 46.5 Å². The molecule has 3 rings (SSSR count). The summed E-state index contributed by atoms with van der Waals surface area (Å²) < 4.78 is 1.94. The maximum atomic E-state index is 4.80. The van der Waals surface area contributed by atoms with Gasteiger partial charge in [-0.1, -0.05) is 0 Å². The van der Waals surface area contributed by atoms with Crippen molar-refractivity contribution in [1.29, 1.82) is 0 Å². The molecule has 0 unspecified atom stereocenters. The van der Waals surface area contributed by atoms with Crippen molar-refractivity contribution in [2.24, 2.45) is 7.05 Å². The highest BCUT2D eigenvalue weighted by Gasteiger charge is 2.29. The lowest BCUT2D eigenvalue weighted by Gasteiger charge is -2.23. The fourth-order valence-corrected chi connectivity index (χ4v) is 3.21. The van der Waals surface area contributed by atoms with Gasteiger partial charge >= 0.3 is 0 Å². The van der Waals surface area contributed by atoms with E-state index in [-0.39, 0.29) is 0 Å². The third kappa shape index (κ3) is 3.59. The second kappa shape index (κ2) is 6.76. The van der Waals surface area contributed by atoms with E-state index in [9.17, 15) is 0 Å². The van der Waals surface area contributed by atoms with Gasteiger partial charge < -0.3 is 4.90 Å². The summed E-state index contributed by atoms with van der Waals surface area (Å²) >= 11 is 0. The second-order valence-electron chi connectivity index (χ2n) is 6.65. The molecular weight excluding hydrogens is 288 g/mol. The summed E-state index contributed by atoms with van der Waals surface area (Å²) in [5.41, 5.74) is 3.62. The van der Waals surface area contributed by atoms with Gasteiger partial charge in [0.25, 0.3) is 0 Å². The van der Waals surface area contributed by atoms with E-state index in [1.165, 1.54) is 17.7 Å². The summed E-state index contributed by atoms with van der Waals surface area (Å²) in [6.07, 6.45) is 6.21. The van der Waals surface area contributed by atoms with Crippen molar-refractivity contribution in [3.8, 4) is 0 Å². The summed E-state index contributed by atoms with van der Waals surface area (Å²) in [6, 6.07) is 2.32. The van der Waals surface area contributed by atoms with Gasteiger partial charge in [-0.15, -0.1) is 0 Å². The molecule has 0 amide bonds. The lowest BCUT2D eigenvalue weighted by atomic mass is 10.2. The van der Waals surface area contributed by atoms with Crippen molar-refractivity contribution in [2.45, 2.75) is 38.9 Å². The first-order valence-electron chi connectivity index (χ1n) is 8.22. The van der Waals surface area contributed by atoms with Crippen LogP contribution in [0.5, 0.6) is 0 Å². The summed E-state index contributed by atoms with van der Waals surface area (Å²) in [5.74, 6) is 0.961. The van der Waals surface area contributed by atoms with Crippen LogP contribution in [0.25, 0.3) is 0 Å². The van der Waals surface area contributed by atoms with Crippen LogP contribution >= 0.6 is 0 Å².